The maximum absolute atomic E-state index is 13.5. The van der Waals surface area contributed by atoms with Crippen molar-refractivity contribution in [3.8, 4) is 0 Å². The van der Waals surface area contributed by atoms with Crippen LogP contribution in [0.3, 0.4) is 0 Å². The lowest BCUT2D eigenvalue weighted by Gasteiger charge is -2.14. The van der Waals surface area contributed by atoms with Gasteiger partial charge < -0.3 is 20.7 Å². The summed E-state index contributed by atoms with van der Waals surface area (Å²) < 4.78 is 14.9. The van der Waals surface area contributed by atoms with E-state index in [-0.39, 0.29) is 17.7 Å². The van der Waals surface area contributed by atoms with E-state index >= 15 is 0 Å². The molecule has 31 heavy (non-hydrogen) atoms. The number of aryl methyl sites for hydroxylation is 1. The topological polar surface area (TPSA) is 131 Å². The highest BCUT2D eigenvalue weighted by atomic mass is 19.1. The summed E-state index contributed by atoms with van der Waals surface area (Å²) in [6.07, 6.45) is -0.327. The van der Waals surface area contributed by atoms with Gasteiger partial charge in [-0.3, -0.25) is 19.2 Å². The van der Waals surface area contributed by atoms with Crippen molar-refractivity contribution in [3.05, 3.63) is 52.1 Å². The van der Waals surface area contributed by atoms with E-state index in [1.807, 2.05) is 0 Å². The third-order valence-electron chi connectivity index (χ3n) is 5.45. The fraction of sp³-hybridized carbons (Fsp3) is 0.364. The molecule has 1 heterocycles. The Hall–Kier alpha value is -3.33. The van der Waals surface area contributed by atoms with Gasteiger partial charge in [-0.1, -0.05) is 6.92 Å². The Morgan fingerprint density at radius 3 is 2.35 bits per heavy atom. The number of benzene rings is 1. The van der Waals surface area contributed by atoms with E-state index in [0.717, 1.165) is 0 Å². The van der Waals surface area contributed by atoms with Crippen LogP contribution in [0.25, 0.3) is 0 Å². The summed E-state index contributed by atoms with van der Waals surface area (Å²) in [5, 5.41) is 11.7. The maximum atomic E-state index is 13.5. The second-order valence-corrected chi connectivity index (χ2v) is 7.71. The molecule has 0 aliphatic heterocycles. The van der Waals surface area contributed by atoms with Crippen LogP contribution in [-0.2, 0) is 16.6 Å². The Bertz CT molecular complexity index is 1070. The Kier molecular flexibility index (Phi) is 7.12. The number of ketones is 2. The molecule has 0 saturated carbocycles. The van der Waals surface area contributed by atoms with Crippen LogP contribution in [0.2, 0.25) is 0 Å². The van der Waals surface area contributed by atoms with Crippen molar-refractivity contribution in [1.82, 2.24) is 4.57 Å². The summed E-state index contributed by atoms with van der Waals surface area (Å²) in [6.45, 7) is 6.26. The monoisotopic (exact) mass is 431 g/mol. The van der Waals surface area contributed by atoms with E-state index in [1.165, 1.54) is 29.7 Å². The van der Waals surface area contributed by atoms with Crippen LogP contribution in [-0.4, -0.2) is 39.2 Å². The molecule has 1 aromatic carbocycles. The summed E-state index contributed by atoms with van der Waals surface area (Å²) >= 11 is 0. The molecule has 0 bridgehead atoms. The third-order valence-corrected chi connectivity index (χ3v) is 5.45. The van der Waals surface area contributed by atoms with Crippen molar-refractivity contribution < 1.29 is 28.7 Å². The predicted octanol–water partition coefficient (Wildman–Crippen LogP) is 2.53. The molecular weight excluding hydrogens is 405 g/mol. The van der Waals surface area contributed by atoms with Crippen molar-refractivity contribution in [3.63, 3.8) is 0 Å². The van der Waals surface area contributed by atoms with Crippen LogP contribution in [0.1, 0.15) is 51.0 Å². The van der Waals surface area contributed by atoms with Crippen LogP contribution in [0.5, 0.6) is 0 Å². The summed E-state index contributed by atoms with van der Waals surface area (Å²) in [4.78, 5) is 49.1. The first-order chi connectivity index (χ1) is 14.4. The number of nitrogens with two attached hydrogens (primary N) is 1. The van der Waals surface area contributed by atoms with Crippen LogP contribution >= 0.6 is 0 Å². The highest BCUT2D eigenvalue weighted by Gasteiger charge is 2.31. The van der Waals surface area contributed by atoms with Gasteiger partial charge >= 0.3 is 5.97 Å². The third kappa shape index (κ3) is 4.88. The molecule has 2 rings (SSSR count). The number of carbonyl (C=O) groups is 4. The molecule has 2 aromatic rings. The van der Waals surface area contributed by atoms with E-state index < -0.39 is 41.2 Å². The molecule has 1 amide bonds. The molecule has 0 fully saturated rings. The second-order valence-electron chi connectivity index (χ2n) is 7.71. The number of carboxylic acid groups (broad SMARTS) is 1. The summed E-state index contributed by atoms with van der Waals surface area (Å²) in [5.74, 6) is -4.48. The van der Waals surface area contributed by atoms with Gasteiger partial charge in [0.25, 0.3) is 5.91 Å². The summed E-state index contributed by atoms with van der Waals surface area (Å²) in [7, 11) is 1.56. The highest BCUT2D eigenvalue weighted by Crippen LogP contribution is 2.24. The Morgan fingerprint density at radius 2 is 1.81 bits per heavy atom. The molecule has 0 aliphatic carbocycles. The SMILES string of the molecule is Cc1cc(NC(=O)c2c(C)c(C(=O)C(=O)CC(C)[C@H](N)C(=O)O)n(C)c2C)ccc1F. The van der Waals surface area contributed by atoms with Gasteiger partial charge in [0, 0.05) is 24.8 Å². The fourth-order valence-corrected chi connectivity index (χ4v) is 3.44. The number of Topliss-reactive ketones (excluding diaryl/α,β-unsaturated/α-hetero) is 2. The number of aromatic nitrogens is 1. The predicted molar refractivity (Wildman–Crippen MR) is 113 cm³/mol. The fourth-order valence-electron chi connectivity index (χ4n) is 3.44. The van der Waals surface area contributed by atoms with E-state index in [0.29, 0.717) is 22.5 Å². The zero-order valence-electron chi connectivity index (χ0n) is 18.1. The molecule has 1 unspecified atom stereocenters. The lowest BCUT2D eigenvalue weighted by Crippen LogP contribution is -2.38. The standard InChI is InChI=1S/C22H26FN3O5/c1-10-8-14(6-7-15(10)23)25-21(29)17-12(3)19(26(5)13(17)4)20(28)16(27)9-11(2)18(24)22(30)31/h6-8,11,18H,9,24H2,1-5H3,(H,25,29)(H,30,31)/t11?,18-/m0/s1. The quantitative estimate of drug-likeness (QED) is 0.435. The summed E-state index contributed by atoms with van der Waals surface area (Å²) in [5.41, 5.74) is 7.37. The van der Waals surface area contributed by atoms with Gasteiger partial charge in [-0.15, -0.1) is 0 Å². The molecule has 0 saturated heterocycles. The molecule has 0 spiro atoms. The lowest BCUT2D eigenvalue weighted by atomic mass is 9.94. The lowest BCUT2D eigenvalue weighted by molar-refractivity contribution is -0.139. The average Bonchev–Trinajstić information content (AvgIpc) is 2.91. The zero-order valence-corrected chi connectivity index (χ0v) is 18.1. The van der Waals surface area contributed by atoms with E-state index in [9.17, 15) is 23.6 Å². The number of hydrogen-bond donors (Lipinski definition) is 3. The molecular formula is C22H26FN3O5. The van der Waals surface area contributed by atoms with Gasteiger partial charge in [0.1, 0.15) is 11.9 Å². The number of nitrogens with one attached hydrogen (secondary N) is 1. The van der Waals surface area contributed by atoms with Crippen molar-refractivity contribution in [2.24, 2.45) is 18.7 Å². The number of hydrogen-bond acceptors (Lipinski definition) is 5. The van der Waals surface area contributed by atoms with Gasteiger partial charge in [-0.25, -0.2) is 4.39 Å². The van der Waals surface area contributed by atoms with E-state index in [1.54, 1.807) is 27.8 Å². The first-order valence-corrected chi connectivity index (χ1v) is 9.66. The second kappa shape index (κ2) is 9.22. The van der Waals surface area contributed by atoms with Gasteiger partial charge in [0.05, 0.1) is 11.3 Å². The first kappa shape index (κ1) is 23.9. The summed E-state index contributed by atoms with van der Waals surface area (Å²) in [6, 6.07) is 2.89. The van der Waals surface area contributed by atoms with Gasteiger partial charge in [-0.2, -0.15) is 0 Å². The molecule has 0 aliphatic rings. The number of aliphatic carboxylic acids is 1. The minimum absolute atomic E-state index is 0.0547. The van der Waals surface area contributed by atoms with Crippen molar-refractivity contribution >= 4 is 29.1 Å². The minimum atomic E-state index is -1.27. The van der Waals surface area contributed by atoms with Crippen LogP contribution < -0.4 is 11.1 Å². The molecule has 8 nitrogen and oxygen atoms in total. The van der Waals surface area contributed by atoms with Crippen LogP contribution in [0.4, 0.5) is 10.1 Å². The van der Waals surface area contributed by atoms with Gasteiger partial charge in [0.15, 0.2) is 0 Å². The van der Waals surface area contributed by atoms with Gasteiger partial charge in [0.2, 0.25) is 11.6 Å². The molecule has 2 atom stereocenters. The number of anilines is 1. The van der Waals surface area contributed by atoms with E-state index in [4.69, 9.17) is 10.8 Å². The number of amides is 1. The molecule has 4 N–H and O–H groups in total. The number of halogens is 1. The zero-order chi connectivity index (χ0) is 23.6. The number of nitrogens with zero attached hydrogens (tertiary/aromatic N) is 1. The average molecular weight is 431 g/mol. The number of rotatable bonds is 8. The number of carbonyl (C=O) groups excluding carboxylic acids is 3. The highest BCUT2D eigenvalue weighted by molar-refractivity contribution is 6.44. The van der Waals surface area contributed by atoms with Crippen molar-refractivity contribution in [2.75, 3.05) is 5.32 Å². The first-order valence-electron chi connectivity index (χ1n) is 9.66. The van der Waals surface area contributed by atoms with Crippen LogP contribution in [0, 0.1) is 32.5 Å². The molecule has 9 heteroatoms. The molecule has 1 aromatic heterocycles. The Labute approximate surface area is 179 Å². The molecule has 166 valence electrons. The maximum Gasteiger partial charge on any atom is 0.320 e. The smallest absolute Gasteiger partial charge is 0.320 e. The largest absolute Gasteiger partial charge is 0.480 e. The van der Waals surface area contributed by atoms with E-state index in [2.05, 4.69) is 5.32 Å². The minimum Gasteiger partial charge on any atom is -0.480 e. The van der Waals surface area contributed by atoms with Crippen molar-refractivity contribution in [2.45, 2.75) is 40.2 Å². The van der Waals surface area contributed by atoms with Gasteiger partial charge in [-0.05, 0) is 56.0 Å². The van der Waals surface area contributed by atoms with Crippen LogP contribution in [0.15, 0.2) is 18.2 Å². The Balaban J connectivity index is 2.31. The Morgan fingerprint density at radius 1 is 1.19 bits per heavy atom. The van der Waals surface area contributed by atoms with Crippen molar-refractivity contribution in [1.29, 1.82) is 0 Å². The molecule has 0 radical (unpaired) electrons. The number of carboxylic acids is 1. The normalized spacial score (nSPS) is 12.9.